The molecule has 2 aliphatic carbocycles. The average Bonchev–Trinajstić information content (AvgIpc) is 3.14. The highest BCUT2D eigenvalue weighted by Gasteiger charge is 2.46. The van der Waals surface area contributed by atoms with Gasteiger partial charge in [-0.2, -0.15) is 0 Å². The van der Waals surface area contributed by atoms with Crippen LogP contribution in [0, 0.1) is 41.4 Å². The van der Waals surface area contributed by atoms with Crippen molar-refractivity contribution in [2.24, 2.45) is 46.4 Å². The molecular weight excluding hydrogens is 693 g/mol. The summed E-state index contributed by atoms with van der Waals surface area (Å²) in [5.41, 5.74) is 2.84. The minimum absolute atomic E-state index is 0.126. The van der Waals surface area contributed by atoms with Gasteiger partial charge >= 0.3 is 11.9 Å². The van der Waals surface area contributed by atoms with E-state index in [-0.39, 0.29) is 24.1 Å². The van der Waals surface area contributed by atoms with Crippen molar-refractivity contribution in [1.29, 1.82) is 0 Å². The van der Waals surface area contributed by atoms with Crippen LogP contribution >= 0.6 is 0 Å². The highest BCUT2D eigenvalue weighted by molar-refractivity contribution is 6.07. The Balaban J connectivity index is 1.47. The fourth-order valence-corrected chi connectivity index (χ4v) is 10.2. The lowest BCUT2D eigenvalue weighted by Gasteiger charge is -2.39. The fourth-order valence-electron chi connectivity index (χ4n) is 10.2. The maximum Gasteiger partial charge on any atom is 0.336 e. The summed E-state index contributed by atoms with van der Waals surface area (Å²) < 4.78 is 15.4. The summed E-state index contributed by atoms with van der Waals surface area (Å²) in [4.78, 5) is 34.1. The lowest BCUT2D eigenvalue weighted by molar-refractivity contribution is -0.697. The molecule has 0 N–H and O–H groups in total. The number of carbonyl (C=O) groups excluding carboxylic acids is 2. The van der Waals surface area contributed by atoms with Crippen molar-refractivity contribution in [3.63, 3.8) is 0 Å². The monoisotopic (exact) mass is 776 g/mol. The van der Waals surface area contributed by atoms with Crippen molar-refractivity contribution in [3.05, 3.63) is 41.4 Å². The standard InChI is InChI=1S/C50H83N2O4/c1-10-11-12-13-14-15-16-17-18-19-20-21-22-23-30-52-31-24-25-41(34-52)48-46(49(53)55-44-32-37(6)26-28-42(44)35(2)3)39(8)51-40(9)47(48)50(54)56-45-33-38(7)27-29-43(45)36(4)5/h24-25,31,34-38,42-46,48H,10-23,26-30,32-33H2,1-9H3/q+1. The van der Waals surface area contributed by atoms with Gasteiger partial charge in [-0.1, -0.05) is 138 Å². The molecule has 6 nitrogen and oxygen atoms in total. The average molecular weight is 776 g/mol. The van der Waals surface area contributed by atoms with Crippen LogP contribution in [0.25, 0.3) is 0 Å². The number of pyridine rings is 1. The number of rotatable bonds is 22. The number of nitrogens with zero attached hydrogens (tertiary/aromatic N) is 2. The topological polar surface area (TPSA) is 68.8 Å². The number of esters is 2. The van der Waals surface area contributed by atoms with Crippen molar-refractivity contribution >= 4 is 17.7 Å². The van der Waals surface area contributed by atoms with Gasteiger partial charge < -0.3 is 9.47 Å². The fraction of sp³-hybridized carbons (Fsp3) is 0.800. The zero-order chi connectivity index (χ0) is 40.6. The lowest BCUT2D eigenvalue weighted by atomic mass is 9.74. The van der Waals surface area contributed by atoms with Crippen LogP contribution in [0.1, 0.15) is 202 Å². The van der Waals surface area contributed by atoms with Crippen molar-refractivity contribution in [3.8, 4) is 0 Å². The van der Waals surface area contributed by atoms with Gasteiger partial charge in [-0.3, -0.25) is 9.79 Å². The number of aromatic nitrogens is 1. The number of hydrogen-bond donors (Lipinski definition) is 0. The normalized spacial score (nSPS) is 27.1. The molecule has 8 unspecified atom stereocenters. The summed E-state index contributed by atoms with van der Waals surface area (Å²) in [6, 6.07) is 4.17. The predicted molar refractivity (Wildman–Crippen MR) is 231 cm³/mol. The van der Waals surface area contributed by atoms with Gasteiger partial charge in [0.1, 0.15) is 24.7 Å². The predicted octanol–water partition coefficient (Wildman–Crippen LogP) is 12.9. The van der Waals surface area contributed by atoms with E-state index < -0.39 is 11.8 Å². The molecule has 4 rings (SSSR count). The van der Waals surface area contributed by atoms with Crippen LogP contribution in [0.2, 0.25) is 0 Å². The summed E-state index contributed by atoms with van der Waals surface area (Å²) in [5, 5.41) is 0. The third kappa shape index (κ3) is 13.8. The Morgan fingerprint density at radius 2 is 1.23 bits per heavy atom. The van der Waals surface area contributed by atoms with Crippen LogP contribution in [0.4, 0.5) is 0 Å². The van der Waals surface area contributed by atoms with Gasteiger partial charge in [0, 0.05) is 35.4 Å². The van der Waals surface area contributed by atoms with Crippen LogP contribution < -0.4 is 4.57 Å². The number of allylic oxidation sites excluding steroid dienone is 1. The van der Waals surface area contributed by atoms with Gasteiger partial charge in [-0.05, 0) is 87.5 Å². The smallest absolute Gasteiger partial charge is 0.336 e. The van der Waals surface area contributed by atoms with Crippen molar-refractivity contribution in [1.82, 2.24) is 0 Å². The van der Waals surface area contributed by atoms with Crippen LogP contribution in [0.3, 0.4) is 0 Å². The number of aryl methyl sites for hydroxylation is 1. The molecule has 0 radical (unpaired) electrons. The zero-order valence-electron chi connectivity index (χ0n) is 37.5. The van der Waals surface area contributed by atoms with Crippen molar-refractivity contribution in [2.75, 3.05) is 0 Å². The number of carbonyl (C=O) groups is 2. The largest absolute Gasteiger partial charge is 0.462 e. The van der Waals surface area contributed by atoms with E-state index in [2.05, 4.69) is 77.6 Å². The number of aliphatic imine (C=N–C) groups is 1. The summed E-state index contributed by atoms with van der Waals surface area (Å²) in [7, 11) is 0. The van der Waals surface area contributed by atoms with Gasteiger partial charge in [-0.25, -0.2) is 9.36 Å². The molecular formula is C50H83N2O4+. The van der Waals surface area contributed by atoms with E-state index in [1.54, 1.807) is 0 Å². The first kappa shape index (κ1) is 46.2. The van der Waals surface area contributed by atoms with E-state index >= 15 is 0 Å². The second-order valence-corrected chi connectivity index (χ2v) is 19.3. The summed E-state index contributed by atoms with van der Waals surface area (Å²) in [5.74, 6) is 0.765. The molecule has 8 atom stereocenters. The molecule has 0 bridgehead atoms. The molecule has 3 aliphatic rings. The second kappa shape index (κ2) is 23.8. The molecule has 316 valence electrons. The maximum absolute atomic E-state index is 14.6. The van der Waals surface area contributed by atoms with Crippen molar-refractivity contribution in [2.45, 2.75) is 215 Å². The van der Waals surface area contributed by atoms with E-state index in [0.717, 1.165) is 44.2 Å². The molecule has 0 aromatic carbocycles. The van der Waals surface area contributed by atoms with Crippen molar-refractivity contribution < 1.29 is 23.6 Å². The Labute approximate surface area is 343 Å². The first-order valence-electron chi connectivity index (χ1n) is 23.6. The van der Waals surface area contributed by atoms with Crippen LogP contribution in [-0.4, -0.2) is 29.9 Å². The number of hydrogen-bond acceptors (Lipinski definition) is 5. The molecule has 6 heteroatoms. The van der Waals surface area contributed by atoms with Crippen LogP contribution in [-0.2, 0) is 25.6 Å². The number of unbranched alkanes of at least 4 members (excludes halogenated alkanes) is 13. The molecule has 0 spiro atoms. The molecule has 2 heterocycles. The summed E-state index contributed by atoms with van der Waals surface area (Å²) in [6.45, 7) is 20.6. The molecule has 0 saturated heterocycles. The van der Waals surface area contributed by atoms with Crippen LogP contribution in [0.5, 0.6) is 0 Å². The Hall–Kier alpha value is -2.50. The molecule has 2 fully saturated rings. The third-order valence-electron chi connectivity index (χ3n) is 13.8. The third-order valence-corrected chi connectivity index (χ3v) is 13.8. The first-order valence-corrected chi connectivity index (χ1v) is 23.6. The Kier molecular flexibility index (Phi) is 19.6. The molecule has 56 heavy (non-hydrogen) atoms. The minimum Gasteiger partial charge on any atom is -0.462 e. The molecule has 2 saturated carbocycles. The quantitative estimate of drug-likeness (QED) is 0.0668. The van der Waals surface area contributed by atoms with Crippen LogP contribution in [0.15, 0.2) is 40.8 Å². The molecule has 1 aromatic heterocycles. The van der Waals surface area contributed by atoms with Gasteiger partial charge in [0.25, 0.3) is 0 Å². The Bertz CT molecular complexity index is 1410. The van der Waals surface area contributed by atoms with Gasteiger partial charge in [0.05, 0.1) is 5.57 Å². The first-order chi connectivity index (χ1) is 26.9. The molecule has 0 amide bonds. The SMILES string of the molecule is CCCCCCCCCCCCCCCC[n+]1cccc(C2C(C(=O)OC3CC(C)CCC3C(C)C)=C(C)N=C(C)C2C(=O)OC2CC(C)CCC2C(C)C)c1. The minimum atomic E-state index is -0.686. The van der Waals surface area contributed by atoms with Gasteiger partial charge in [0.2, 0.25) is 0 Å². The maximum atomic E-state index is 14.6. The Morgan fingerprint density at radius 1 is 0.732 bits per heavy atom. The van der Waals surface area contributed by atoms with E-state index in [1.165, 1.54) is 96.3 Å². The van der Waals surface area contributed by atoms with E-state index in [4.69, 9.17) is 14.5 Å². The van der Waals surface area contributed by atoms with Gasteiger partial charge in [0.15, 0.2) is 12.4 Å². The Morgan fingerprint density at radius 3 is 1.75 bits per heavy atom. The van der Waals surface area contributed by atoms with E-state index in [9.17, 15) is 9.59 Å². The second-order valence-electron chi connectivity index (χ2n) is 19.3. The lowest BCUT2D eigenvalue weighted by Crippen LogP contribution is -2.43. The highest BCUT2D eigenvalue weighted by Crippen LogP contribution is 2.43. The number of ether oxygens (including phenoxy) is 2. The molecule has 1 aromatic rings. The molecule has 1 aliphatic heterocycles. The summed E-state index contributed by atoms with van der Waals surface area (Å²) in [6.07, 6.45) is 29.0. The summed E-state index contributed by atoms with van der Waals surface area (Å²) >= 11 is 0. The zero-order valence-corrected chi connectivity index (χ0v) is 37.5. The van der Waals surface area contributed by atoms with E-state index in [1.807, 2.05) is 13.8 Å². The highest BCUT2D eigenvalue weighted by atomic mass is 16.5. The van der Waals surface area contributed by atoms with E-state index in [0.29, 0.717) is 52.5 Å². The van der Waals surface area contributed by atoms with Gasteiger partial charge in [-0.15, -0.1) is 0 Å².